The summed E-state index contributed by atoms with van der Waals surface area (Å²) >= 11 is 0. The van der Waals surface area contributed by atoms with Crippen molar-refractivity contribution in [3.05, 3.63) is 29.8 Å². The van der Waals surface area contributed by atoms with Gasteiger partial charge in [-0.3, -0.25) is 4.79 Å². The van der Waals surface area contributed by atoms with Crippen LogP contribution < -0.4 is 10.6 Å². The lowest BCUT2D eigenvalue weighted by atomic mass is 10.1. The fourth-order valence-corrected chi connectivity index (χ4v) is 2.22. The van der Waals surface area contributed by atoms with E-state index < -0.39 is 11.7 Å². The number of carbonyl (C=O) groups is 1. The summed E-state index contributed by atoms with van der Waals surface area (Å²) in [5.41, 5.74) is 4.92. The minimum absolute atomic E-state index is 0.128. The van der Waals surface area contributed by atoms with Crippen LogP contribution in [0.2, 0.25) is 0 Å². The maximum atomic E-state index is 12.7. The second-order valence-corrected chi connectivity index (χ2v) is 4.56. The molecule has 0 aromatic heterocycles. The van der Waals surface area contributed by atoms with Gasteiger partial charge in [0.1, 0.15) is 6.61 Å². The van der Waals surface area contributed by atoms with Crippen molar-refractivity contribution in [3.63, 3.8) is 0 Å². The maximum absolute atomic E-state index is 12.7. The normalized spacial score (nSPS) is 20.3. The van der Waals surface area contributed by atoms with Crippen molar-refractivity contribution in [1.82, 2.24) is 0 Å². The number of alkyl halides is 3. The van der Waals surface area contributed by atoms with Crippen LogP contribution in [0.15, 0.2) is 24.3 Å². The van der Waals surface area contributed by atoms with Crippen LogP contribution >= 0.6 is 0 Å². The molecule has 0 spiro atoms. The number of benzene rings is 1. The molecule has 7 heteroatoms. The SMILES string of the molecule is NCCC1COCC(=O)N1c1cccc(C(F)(F)F)c1. The molecule has 1 aliphatic heterocycles. The van der Waals surface area contributed by atoms with Crippen molar-refractivity contribution in [2.45, 2.75) is 18.6 Å². The minimum Gasteiger partial charge on any atom is -0.369 e. The Kier molecular flexibility index (Phi) is 4.29. The highest BCUT2D eigenvalue weighted by molar-refractivity contribution is 5.95. The summed E-state index contributed by atoms with van der Waals surface area (Å²) in [4.78, 5) is 13.3. The third-order valence-corrected chi connectivity index (χ3v) is 3.12. The molecule has 0 aliphatic carbocycles. The van der Waals surface area contributed by atoms with Gasteiger partial charge in [-0.2, -0.15) is 13.2 Å². The fraction of sp³-hybridized carbons (Fsp3) is 0.462. The molecule has 1 unspecified atom stereocenters. The van der Waals surface area contributed by atoms with Gasteiger partial charge in [0.2, 0.25) is 0 Å². The predicted molar refractivity (Wildman–Crippen MR) is 67.2 cm³/mol. The van der Waals surface area contributed by atoms with Crippen molar-refractivity contribution in [3.8, 4) is 0 Å². The summed E-state index contributed by atoms with van der Waals surface area (Å²) < 4.78 is 43.3. The lowest BCUT2D eigenvalue weighted by molar-refractivity contribution is -0.137. The van der Waals surface area contributed by atoms with Gasteiger partial charge >= 0.3 is 6.18 Å². The Morgan fingerprint density at radius 1 is 1.40 bits per heavy atom. The first-order valence-corrected chi connectivity index (χ1v) is 6.20. The van der Waals surface area contributed by atoms with Gasteiger partial charge in [0, 0.05) is 5.69 Å². The molecule has 1 fully saturated rings. The number of morpholine rings is 1. The average Bonchev–Trinajstić information content (AvgIpc) is 2.38. The summed E-state index contributed by atoms with van der Waals surface area (Å²) in [5.74, 6) is -0.353. The van der Waals surface area contributed by atoms with E-state index in [1.54, 1.807) is 0 Å². The van der Waals surface area contributed by atoms with Crippen LogP contribution in [0.4, 0.5) is 18.9 Å². The molecule has 1 amide bonds. The van der Waals surface area contributed by atoms with Crippen molar-refractivity contribution in [2.75, 3.05) is 24.7 Å². The molecule has 1 aromatic carbocycles. The van der Waals surface area contributed by atoms with E-state index in [0.29, 0.717) is 13.0 Å². The van der Waals surface area contributed by atoms with Gasteiger partial charge in [0.05, 0.1) is 18.2 Å². The molecule has 1 aromatic rings. The molecular weight excluding hydrogens is 273 g/mol. The van der Waals surface area contributed by atoms with Gasteiger partial charge in [0.15, 0.2) is 0 Å². The lowest BCUT2D eigenvalue weighted by Crippen LogP contribution is -2.50. The van der Waals surface area contributed by atoms with E-state index in [4.69, 9.17) is 10.5 Å². The number of halogens is 3. The Labute approximate surface area is 114 Å². The molecule has 20 heavy (non-hydrogen) atoms. The monoisotopic (exact) mass is 288 g/mol. The third-order valence-electron chi connectivity index (χ3n) is 3.12. The standard InChI is InChI=1S/C13H15F3N2O2/c14-13(15,16)9-2-1-3-10(6-9)18-11(4-5-17)7-20-8-12(18)19/h1-3,6,11H,4-5,7-8,17H2. The number of rotatable bonds is 3. The number of anilines is 1. The van der Waals surface area contributed by atoms with E-state index >= 15 is 0 Å². The number of hydrogen-bond donors (Lipinski definition) is 1. The molecule has 4 nitrogen and oxygen atoms in total. The zero-order valence-corrected chi connectivity index (χ0v) is 10.7. The molecule has 2 N–H and O–H groups in total. The smallest absolute Gasteiger partial charge is 0.369 e. The van der Waals surface area contributed by atoms with Gasteiger partial charge in [-0.25, -0.2) is 0 Å². The van der Waals surface area contributed by atoms with Crippen LogP contribution in [0.1, 0.15) is 12.0 Å². The highest BCUT2D eigenvalue weighted by Gasteiger charge is 2.33. The van der Waals surface area contributed by atoms with Crippen LogP contribution in [-0.2, 0) is 15.7 Å². The Balaban J connectivity index is 2.34. The van der Waals surface area contributed by atoms with Gasteiger partial charge in [-0.15, -0.1) is 0 Å². The fourth-order valence-electron chi connectivity index (χ4n) is 2.22. The summed E-state index contributed by atoms with van der Waals surface area (Å²) in [6.07, 6.45) is -3.96. The highest BCUT2D eigenvalue weighted by Crippen LogP contribution is 2.32. The third kappa shape index (κ3) is 3.10. The van der Waals surface area contributed by atoms with Crippen LogP contribution in [0.3, 0.4) is 0 Å². The molecule has 110 valence electrons. The first-order chi connectivity index (χ1) is 9.43. The maximum Gasteiger partial charge on any atom is 0.416 e. The van der Waals surface area contributed by atoms with Crippen LogP contribution in [-0.4, -0.2) is 31.7 Å². The highest BCUT2D eigenvalue weighted by atomic mass is 19.4. The van der Waals surface area contributed by atoms with Gasteiger partial charge in [-0.05, 0) is 31.2 Å². The Hall–Kier alpha value is -1.60. The second-order valence-electron chi connectivity index (χ2n) is 4.56. The van der Waals surface area contributed by atoms with Crippen molar-refractivity contribution < 1.29 is 22.7 Å². The molecule has 0 bridgehead atoms. The average molecular weight is 288 g/mol. The van der Waals surface area contributed by atoms with Crippen LogP contribution in [0.25, 0.3) is 0 Å². The van der Waals surface area contributed by atoms with Crippen molar-refractivity contribution >= 4 is 11.6 Å². The van der Waals surface area contributed by atoms with Crippen molar-refractivity contribution in [1.29, 1.82) is 0 Å². The Morgan fingerprint density at radius 2 is 2.15 bits per heavy atom. The van der Waals surface area contributed by atoms with Crippen LogP contribution in [0.5, 0.6) is 0 Å². The lowest BCUT2D eigenvalue weighted by Gasteiger charge is -2.35. The van der Waals surface area contributed by atoms with Gasteiger partial charge in [0.25, 0.3) is 5.91 Å². The Bertz CT molecular complexity index is 489. The molecule has 1 atom stereocenters. The number of nitrogens with two attached hydrogens (primary N) is 1. The summed E-state index contributed by atoms with van der Waals surface area (Å²) in [6.45, 7) is 0.479. The first-order valence-electron chi connectivity index (χ1n) is 6.20. The zero-order valence-electron chi connectivity index (χ0n) is 10.7. The minimum atomic E-state index is -4.44. The second kappa shape index (κ2) is 5.80. The summed E-state index contributed by atoms with van der Waals surface area (Å²) in [6, 6.07) is 4.41. The number of ether oxygens (including phenoxy) is 1. The summed E-state index contributed by atoms with van der Waals surface area (Å²) in [5, 5.41) is 0. The quantitative estimate of drug-likeness (QED) is 0.922. The van der Waals surface area contributed by atoms with Crippen molar-refractivity contribution in [2.24, 2.45) is 5.73 Å². The van der Waals surface area contributed by atoms with E-state index in [9.17, 15) is 18.0 Å². The molecule has 0 radical (unpaired) electrons. The number of amides is 1. The predicted octanol–water partition coefficient (Wildman–Crippen LogP) is 1.79. The first kappa shape index (κ1) is 14.8. The largest absolute Gasteiger partial charge is 0.416 e. The molecule has 1 saturated heterocycles. The van der Waals surface area contributed by atoms with Crippen LogP contribution in [0, 0.1) is 0 Å². The van der Waals surface area contributed by atoms with E-state index in [1.165, 1.54) is 17.0 Å². The molecule has 0 saturated carbocycles. The number of carbonyl (C=O) groups excluding carboxylic acids is 1. The number of hydrogen-bond acceptors (Lipinski definition) is 3. The van der Waals surface area contributed by atoms with E-state index in [-0.39, 0.29) is 30.9 Å². The number of nitrogens with zero attached hydrogens (tertiary/aromatic N) is 1. The molecule has 1 heterocycles. The molecule has 1 aliphatic rings. The van der Waals surface area contributed by atoms with Gasteiger partial charge in [-0.1, -0.05) is 6.07 Å². The topological polar surface area (TPSA) is 55.6 Å². The van der Waals surface area contributed by atoms with E-state index in [2.05, 4.69) is 0 Å². The van der Waals surface area contributed by atoms with E-state index in [0.717, 1.165) is 12.1 Å². The summed E-state index contributed by atoms with van der Waals surface area (Å²) in [7, 11) is 0. The molecular formula is C13H15F3N2O2. The Morgan fingerprint density at radius 3 is 2.80 bits per heavy atom. The molecule has 2 rings (SSSR count). The van der Waals surface area contributed by atoms with E-state index in [1.807, 2.05) is 0 Å². The van der Waals surface area contributed by atoms with Gasteiger partial charge < -0.3 is 15.4 Å². The zero-order chi connectivity index (χ0) is 14.8.